The Labute approximate surface area is 129 Å². The molecule has 20 heavy (non-hydrogen) atoms. The monoisotopic (exact) mass is 325 g/mol. The van der Waals surface area contributed by atoms with Gasteiger partial charge in [-0.3, -0.25) is 9.78 Å². The van der Waals surface area contributed by atoms with Gasteiger partial charge >= 0.3 is 0 Å². The quantitative estimate of drug-likeness (QED) is 0.872. The molecule has 2 N–H and O–H groups in total. The van der Waals surface area contributed by atoms with E-state index < -0.39 is 0 Å². The summed E-state index contributed by atoms with van der Waals surface area (Å²) in [6.07, 6.45) is 0.978. The number of amides is 1. The summed E-state index contributed by atoms with van der Waals surface area (Å²) in [5.41, 5.74) is 0.620. The molecule has 8 heteroatoms. The molecule has 0 spiro atoms. The largest absolute Gasteiger partial charge is 0.375 e. The third-order valence-corrected chi connectivity index (χ3v) is 2.83. The first-order valence-electron chi connectivity index (χ1n) is 5.90. The summed E-state index contributed by atoms with van der Waals surface area (Å²) in [6.45, 7) is 3.41. The van der Waals surface area contributed by atoms with Gasteiger partial charge in [0, 0.05) is 6.54 Å². The lowest BCUT2D eigenvalue weighted by atomic mass is 10.1. The molecule has 1 fully saturated rings. The third-order valence-electron chi connectivity index (χ3n) is 2.83. The lowest BCUT2D eigenvalue weighted by molar-refractivity contribution is -0.129. The minimum Gasteiger partial charge on any atom is -0.375 e. The van der Waals surface area contributed by atoms with Crippen LogP contribution in [0.25, 0.3) is 0 Å². The molecule has 0 aliphatic carbocycles. The number of ether oxygens (including phenoxy) is 1. The zero-order valence-corrected chi connectivity index (χ0v) is 12.6. The zero-order chi connectivity index (χ0) is 13.0. The molecule has 5 nitrogen and oxygen atoms in total. The molecule has 0 aromatic carbocycles. The van der Waals surface area contributed by atoms with Gasteiger partial charge in [0.15, 0.2) is 0 Å². The second kappa shape index (κ2) is 9.07. The van der Waals surface area contributed by atoms with Gasteiger partial charge in [0.05, 0.1) is 31.1 Å². The molecular formula is C12H18Cl2FN3O2. The van der Waals surface area contributed by atoms with E-state index in [4.69, 9.17) is 4.74 Å². The fourth-order valence-corrected chi connectivity index (χ4v) is 1.83. The van der Waals surface area contributed by atoms with Crippen LogP contribution >= 0.6 is 24.8 Å². The maximum atomic E-state index is 12.7. The molecule has 2 atom stereocenters. The van der Waals surface area contributed by atoms with Crippen LogP contribution in [0.5, 0.6) is 0 Å². The lowest BCUT2D eigenvalue weighted by Crippen LogP contribution is -2.55. The topological polar surface area (TPSA) is 63.2 Å². The van der Waals surface area contributed by atoms with E-state index in [2.05, 4.69) is 15.6 Å². The molecular weight excluding hydrogens is 308 g/mol. The second-order valence-electron chi connectivity index (χ2n) is 4.19. The predicted octanol–water partition coefficient (Wildman–Crippen LogP) is 1.06. The van der Waals surface area contributed by atoms with E-state index in [1.54, 1.807) is 6.07 Å². The smallest absolute Gasteiger partial charge is 0.240 e. The summed E-state index contributed by atoms with van der Waals surface area (Å²) in [6, 6.07) is 2.52. The third kappa shape index (κ3) is 5.20. The van der Waals surface area contributed by atoms with Crippen molar-refractivity contribution in [3.05, 3.63) is 29.8 Å². The highest BCUT2D eigenvalue weighted by Gasteiger charge is 2.27. The summed E-state index contributed by atoms with van der Waals surface area (Å²) >= 11 is 0. The van der Waals surface area contributed by atoms with Crippen molar-refractivity contribution < 1.29 is 13.9 Å². The van der Waals surface area contributed by atoms with Crippen LogP contribution in [0.2, 0.25) is 0 Å². The average molecular weight is 326 g/mol. The fourth-order valence-electron chi connectivity index (χ4n) is 1.83. The molecule has 114 valence electrons. The molecule has 0 radical (unpaired) electrons. The number of nitrogens with one attached hydrogen (secondary N) is 2. The summed E-state index contributed by atoms with van der Waals surface area (Å²) in [4.78, 5) is 15.8. The summed E-state index contributed by atoms with van der Waals surface area (Å²) in [5, 5.41) is 5.85. The van der Waals surface area contributed by atoms with Crippen LogP contribution in [0, 0.1) is 5.82 Å². The number of aromatic nitrogens is 1. The normalized spacial score (nSPS) is 21.3. The highest BCUT2D eigenvalue weighted by atomic mass is 35.5. The molecule has 0 bridgehead atoms. The number of morpholine rings is 1. The maximum Gasteiger partial charge on any atom is 0.240 e. The van der Waals surface area contributed by atoms with E-state index in [0.29, 0.717) is 18.8 Å². The zero-order valence-electron chi connectivity index (χ0n) is 11.0. The Hall–Kier alpha value is -0.950. The van der Waals surface area contributed by atoms with E-state index in [1.807, 2.05) is 6.92 Å². The number of nitrogens with zero attached hydrogens (tertiary/aromatic N) is 1. The first-order valence-corrected chi connectivity index (χ1v) is 5.90. The van der Waals surface area contributed by atoms with Crippen molar-refractivity contribution >= 4 is 30.7 Å². The maximum absolute atomic E-state index is 12.7. The second-order valence-corrected chi connectivity index (χ2v) is 4.19. The Balaban J connectivity index is 0.00000180. The molecule has 2 heterocycles. The minimum atomic E-state index is -0.388. The Kier molecular flexibility index (Phi) is 8.64. The minimum absolute atomic E-state index is 0. The molecule has 1 amide bonds. The SMILES string of the molecule is C[C@H]1OCCN[C@@H]1C(=O)NCc1ccc(F)cn1.Cl.Cl. The standard InChI is InChI=1S/C12H16FN3O2.2ClH/c1-8-11(14-4-5-18-8)12(17)16-7-10-3-2-9(13)6-15-10;;/h2-3,6,8,11,14H,4-5,7H2,1H3,(H,16,17);2*1H/t8-,11+;;/m1../s1. The van der Waals surface area contributed by atoms with Crippen LogP contribution in [0.4, 0.5) is 4.39 Å². The van der Waals surface area contributed by atoms with E-state index in [1.165, 1.54) is 6.07 Å². The van der Waals surface area contributed by atoms with Crippen LogP contribution in [-0.4, -0.2) is 36.2 Å². The van der Waals surface area contributed by atoms with Crippen molar-refractivity contribution in [3.63, 3.8) is 0 Å². The molecule has 1 aromatic rings. The molecule has 1 aromatic heterocycles. The predicted molar refractivity (Wildman–Crippen MR) is 77.7 cm³/mol. The van der Waals surface area contributed by atoms with Crippen molar-refractivity contribution in [3.8, 4) is 0 Å². The highest BCUT2D eigenvalue weighted by Crippen LogP contribution is 2.04. The summed E-state index contributed by atoms with van der Waals surface area (Å²) in [7, 11) is 0. The van der Waals surface area contributed by atoms with Gasteiger partial charge in [0.25, 0.3) is 0 Å². The van der Waals surface area contributed by atoms with Gasteiger partial charge in [-0.25, -0.2) is 4.39 Å². The Morgan fingerprint density at radius 3 is 2.90 bits per heavy atom. The molecule has 1 aliphatic heterocycles. The van der Waals surface area contributed by atoms with E-state index in [-0.39, 0.29) is 55.2 Å². The van der Waals surface area contributed by atoms with Gasteiger partial charge in [0.2, 0.25) is 5.91 Å². The molecule has 1 saturated heterocycles. The first-order chi connectivity index (χ1) is 8.66. The number of halogens is 3. The number of hydrogen-bond acceptors (Lipinski definition) is 4. The number of pyridine rings is 1. The van der Waals surface area contributed by atoms with Crippen molar-refractivity contribution in [2.45, 2.75) is 25.6 Å². The van der Waals surface area contributed by atoms with Gasteiger partial charge in [0.1, 0.15) is 11.9 Å². The summed E-state index contributed by atoms with van der Waals surface area (Å²) < 4.78 is 18.0. The Bertz CT molecular complexity index is 420. The van der Waals surface area contributed by atoms with E-state index in [9.17, 15) is 9.18 Å². The molecule has 2 rings (SSSR count). The van der Waals surface area contributed by atoms with Gasteiger partial charge in [-0.2, -0.15) is 0 Å². The highest BCUT2D eigenvalue weighted by molar-refractivity contribution is 5.85. The molecule has 0 unspecified atom stereocenters. The number of carbonyl (C=O) groups is 1. The number of carbonyl (C=O) groups excluding carboxylic acids is 1. The van der Waals surface area contributed by atoms with Crippen LogP contribution in [0.3, 0.4) is 0 Å². The van der Waals surface area contributed by atoms with Gasteiger partial charge < -0.3 is 15.4 Å². The number of rotatable bonds is 3. The van der Waals surface area contributed by atoms with Crippen LogP contribution < -0.4 is 10.6 Å². The van der Waals surface area contributed by atoms with E-state index >= 15 is 0 Å². The fraction of sp³-hybridized carbons (Fsp3) is 0.500. The van der Waals surface area contributed by atoms with Crippen LogP contribution in [-0.2, 0) is 16.1 Å². The van der Waals surface area contributed by atoms with Crippen LogP contribution in [0.15, 0.2) is 18.3 Å². The average Bonchev–Trinajstić information content (AvgIpc) is 2.38. The first kappa shape index (κ1) is 19.1. The van der Waals surface area contributed by atoms with Gasteiger partial charge in [-0.1, -0.05) is 0 Å². The van der Waals surface area contributed by atoms with Crippen molar-refractivity contribution in [1.29, 1.82) is 0 Å². The number of hydrogen-bond donors (Lipinski definition) is 2. The van der Waals surface area contributed by atoms with Crippen molar-refractivity contribution in [2.75, 3.05) is 13.2 Å². The van der Waals surface area contributed by atoms with Crippen molar-refractivity contribution in [1.82, 2.24) is 15.6 Å². The summed E-state index contributed by atoms with van der Waals surface area (Å²) in [5.74, 6) is -0.519. The van der Waals surface area contributed by atoms with E-state index in [0.717, 1.165) is 6.20 Å². The molecule has 1 aliphatic rings. The Morgan fingerprint density at radius 1 is 1.55 bits per heavy atom. The van der Waals surface area contributed by atoms with Gasteiger partial charge in [-0.15, -0.1) is 24.8 Å². The van der Waals surface area contributed by atoms with Crippen LogP contribution in [0.1, 0.15) is 12.6 Å². The lowest BCUT2D eigenvalue weighted by Gasteiger charge is -2.29. The van der Waals surface area contributed by atoms with Crippen molar-refractivity contribution in [2.24, 2.45) is 0 Å². The molecule has 0 saturated carbocycles. The Morgan fingerprint density at radius 2 is 2.30 bits per heavy atom. The van der Waals surface area contributed by atoms with Gasteiger partial charge in [-0.05, 0) is 19.1 Å².